The van der Waals surface area contributed by atoms with Crippen molar-refractivity contribution in [1.29, 1.82) is 0 Å². The van der Waals surface area contributed by atoms with Gasteiger partial charge in [-0.15, -0.1) is 0 Å². The molecule has 0 spiro atoms. The van der Waals surface area contributed by atoms with Gasteiger partial charge in [0.25, 0.3) is 5.91 Å². The van der Waals surface area contributed by atoms with Crippen LogP contribution in [0.2, 0.25) is 10.0 Å². The monoisotopic (exact) mass is 457 g/mol. The lowest BCUT2D eigenvalue weighted by Gasteiger charge is -2.11. The van der Waals surface area contributed by atoms with E-state index in [4.69, 9.17) is 32.7 Å². The number of aromatic nitrogens is 1. The first kappa shape index (κ1) is 22.3. The maximum atomic E-state index is 12.3. The van der Waals surface area contributed by atoms with E-state index < -0.39 is 0 Å². The Morgan fingerprint density at radius 2 is 1.90 bits per heavy atom. The number of benzene rings is 2. The van der Waals surface area contributed by atoms with Crippen LogP contribution in [-0.2, 0) is 0 Å². The van der Waals surface area contributed by atoms with Crippen molar-refractivity contribution in [2.45, 2.75) is 0 Å². The maximum absolute atomic E-state index is 12.3. The van der Waals surface area contributed by atoms with Crippen molar-refractivity contribution >= 4 is 41.1 Å². The Morgan fingerprint density at radius 1 is 1.06 bits per heavy atom. The maximum Gasteiger partial charge on any atom is 0.272 e. The van der Waals surface area contributed by atoms with Gasteiger partial charge in [0, 0.05) is 18.0 Å². The number of carbonyl (C=O) groups excluding carboxylic acids is 2. The zero-order valence-electron chi connectivity index (χ0n) is 16.3. The Bertz CT molecular complexity index is 1120. The predicted octanol–water partition coefficient (Wildman–Crippen LogP) is 4.42. The Labute approximate surface area is 188 Å². The largest absolute Gasteiger partial charge is 0.493 e. The van der Waals surface area contributed by atoms with Crippen molar-refractivity contribution < 1.29 is 19.1 Å². The Hall–Kier alpha value is -3.42. The summed E-state index contributed by atoms with van der Waals surface area (Å²) in [7, 11) is 1.48. The molecule has 31 heavy (non-hydrogen) atoms. The number of nitrogens with zero attached hydrogens (tertiary/aromatic N) is 2. The summed E-state index contributed by atoms with van der Waals surface area (Å²) < 4.78 is 10.9. The predicted molar refractivity (Wildman–Crippen MR) is 119 cm³/mol. The number of Topliss-reactive ketones (excluding diaryl/α,β-unsaturated/α-hetero) is 1. The average molecular weight is 458 g/mol. The highest BCUT2D eigenvalue weighted by atomic mass is 35.5. The van der Waals surface area contributed by atoms with Gasteiger partial charge >= 0.3 is 0 Å². The van der Waals surface area contributed by atoms with Gasteiger partial charge in [0.1, 0.15) is 0 Å². The van der Waals surface area contributed by atoms with Crippen LogP contribution in [0.4, 0.5) is 0 Å². The van der Waals surface area contributed by atoms with Crippen molar-refractivity contribution in [2.75, 3.05) is 13.7 Å². The number of hydrazone groups is 1. The molecule has 0 aliphatic carbocycles. The number of ether oxygens (including phenoxy) is 2. The lowest BCUT2D eigenvalue weighted by molar-refractivity contribution is 0.0918. The molecular weight excluding hydrogens is 441 g/mol. The first-order valence-corrected chi connectivity index (χ1v) is 9.76. The fourth-order valence-electron chi connectivity index (χ4n) is 2.51. The normalized spacial score (nSPS) is 10.7. The van der Waals surface area contributed by atoms with Gasteiger partial charge in [-0.25, -0.2) is 5.43 Å². The summed E-state index contributed by atoms with van der Waals surface area (Å²) in [5.41, 5.74) is 3.86. The van der Waals surface area contributed by atoms with Gasteiger partial charge in [0.2, 0.25) is 0 Å². The van der Waals surface area contributed by atoms with E-state index in [0.717, 1.165) is 0 Å². The number of hydrogen-bond donors (Lipinski definition) is 1. The number of amides is 1. The number of halogens is 2. The summed E-state index contributed by atoms with van der Waals surface area (Å²) >= 11 is 11.8. The number of methoxy groups -OCH3 is 1. The number of pyridine rings is 1. The highest BCUT2D eigenvalue weighted by Gasteiger charge is 2.12. The van der Waals surface area contributed by atoms with E-state index in [1.54, 1.807) is 48.7 Å². The van der Waals surface area contributed by atoms with Crippen LogP contribution in [0.25, 0.3) is 0 Å². The first-order chi connectivity index (χ1) is 15.0. The van der Waals surface area contributed by atoms with Gasteiger partial charge in [0.15, 0.2) is 23.9 Å². The van der Waals surface area contributed by atoms with Crippen LogP contribution in [0.1, 0.15) is 26.3 Å². The number of rotatable bonds is 8. The Morgan fingerprint density at radius 3 is 2.61 bits per heavy atom. The number of nitrogens with one attached hydrogen (secondary N) is 1. The molecule has 0 unspecified atom stereocenters. The number of ketones is 1. The number of hydrogen-bond acceptors (Lipinski definition) is 6. The Balaban J connectivity index is 1.62. The van der Waals surface area contributed by atoms with E-state index in [-0.39, 0.29) is 18.3 Å². The van der Waals surface area contributed by atoms with Gasteiger partial charge in [-0.1, -0.05) is 23.2 Å². The molecule has 0 bridgehead atoms. The summed E-state index contributed by atoms with van der Waals surface area (Å²) in [5.74, 6) is 0.151. The molecule has 7 nitrogen and oxygen atoms in total. The average Bonchev–Trinajstić information content (AvgIpc) is 2.80. The standard InChI is InChI=1S/C22H17Cl2N3O4/c1-30-21-9-14(11-26-27-22(29)16-3-2-8-25-12-16)4-7-20(21)31-13-19(28)15-5-6-17(23)18(24)10-15/h2-12H,13H2,1H3,(H,27,29). The lowest BCUT2D eigenvalue weighted by Crippen LogP contribution is -2.17. The molecule has 3 aromatic rings. The van der Waals surface area contributed by atoms with Gasteiger partial charge in [0.05, 0.1) is 28.9 Å². The molecule has 0 aliphatic rings. The fraction of sp³-hybridized carbons (Fsp3) is 0.0909. The molecular formula is C22H17Cl2N3O4. The van der Waals surface area contributed by atoms with E-state index in [0.29, 0.717) is 38.2 Å². The summed E-state index contributed by atoms with van der Waals surface area (Å²) in [6.45, 7) is -0.205. The second-order valence-electron chi connectivity index (χ2n) is 6.19. The summed E-state index contributed by atoms with van der Waals surface area (Å²) in [6, 6.07) is 12.9. The van der Waals surface area contributed by atoms with Crippen LogP contribution in [-0.4, -0.2) is 36.6 Å². The highest BCUT2D eigenvalue weighted by molar-refractivity contribution is 6.42. The van der Waals surface area contributed by atoms with Crippen LogP contribution in [0, 0.1) is 0 Å². The Kier molecular flexibility index (Phi) is 7.59. The third-order valence-corrected chi connectivity index (χ3v) is 4.83. The van der Waals surface area contributed by atoms with E-state index in [9.17, 15) is 9.59 Å². The third-order valence-electron chi connectivity index (χ3n) is 4.09. The van der Waals surface area contributed by atoms with Crippen molar-refractivity contribution in [1.82, 2.24) is 10.4 Å². The zero-order chi connectivity index (χ0) is 22.2. The van der Waals surface area contributed by atoms with Crippen LogP contribution in [0.3, 0.4) is 0 Å². The molecule has 2 aromatic carbocycles. The zero-order valence-corrected chi connectivity index (χ0v) is 17.9. The van der Waals surface area contributed by atoms with E-state index in [1.165, 1.54) is 25.6 Å². The van der Waals surface area contributed by atoms with Crippen LogP contribution < -0.4 is 14.9 Å². The second kappa shape index (κ2) is 10.6. The van der Waals surface area contributed by atoms with Crippen LogP contribution in [0.5, 0.6) is 11.5 Å². The van der Waals surface area contributed by atoms with Crippen molar-refractivity contribution in [2.24, 2.45) is 5.10 Å². The molecule has 0 radical (unpaired) electrons. The minimum absolute atomic E-state index is 0.205. The molecule has 158 valence electrons. The third kappa shape index (κ3) is 6.04. The smallest absolute Gasteiger partial charge is 0.272 e. The molecule has 0 saturated heterocycles. The minimum atomic E-state index is -0.378. The molecule has 1 aromatic heterocycles. The molecule has 9 heteroatoms. The summed E-state index contributed by atoms with van der Waals surface area (Å²) in [6.07, 6.45) is 4.48. The second-order valence-corrected chi connectivity index (χ2v) is 7.01. The molecule has 0 atom stereocenters. The van der Waals surface area contributed by atoms with E-state index >= 15 is 0 Å². The van der Waals surface area contributed by atoms with Gasteiger partial charge in [-0.3, -0.25) is 14.6 Å². The quantitative estimate of drug-likeness (QED) is 0.307. The minimum Gasteiger partial charge on any atom is -0.493 e. The molecule has 0 fully saturated rings. The van der Waals surface area contributed by atoms with Gasteiger partial charge < -0.3 is 9.47 Å². The van der Waals surface area contributed by atoms with Crippen molar-refractivity contribution in [3.63, 3.8) is 0 Å². The molecule has 1 N–H and O–H groups in total. The van der Waals surface area contributed by atoms with Crippen LogP contribution >= 0.6 is 23.2 Å². The SMILES string of the molecule is COc1cc(C=NNC(=O)c2cccnc2)ccc1OCC(=O)c1ccc(Cl)c(Cl)c1. The molecule has 1 amide bonds. The summed E-state index contributed by atoms with van der Waals surface area (Å²) in [5, 5.41) is 4.59. The molecule has 3 rings (SSSR count). The molecule has 1 heterocycles. The topological polar surface area (TPSA) is 89.9 Å². The highest BCUT2D eigenvalue weighted by Crippen LogP contribution is 2.28. The molecule has 0 saturated carbocycles. The number of carbonyl (C=O) groups is 2. The van der Waals surface area contributed by atoms with Crippen molar-refractivity contribution in [3.8, 4) is 11.5 Å². The van der Waals surface area contributed by atoms with Crippen LogP contribution in [0.15, 0.2) is 66.0 Å². The van der Waals surface area contributed by atoms with E-state index in [2.05, 4.69) is 15.5 Å². The first-order valence-electron chi connectivity index (χ1n) is 9.00. The van der Waals surface area contributed by atoms with Gasteiger partial charge in [-0.05, 0) is 54.1 Å². The van der Waals surface area contributed by atoms with Gasteiger partial charge in [-0.2, -0.15) is 5.10 Å². The lowest BCUT2D eigenvalue weighted by atomic mass is 10.1. The molecule has 0 aliphatic heterocycles. The fourth-order valence-corrected chi connectivity index (χ4v) is 2.81. The van der Waals surface area contributed by atoms with Crippen molar-refractivity contribution in [3.05, 3.63) is 87.7 Å². The van der Waals surface area contributed by atoms with E-state index in [1.807, 2.05) is 0 Å². The summed E-state index contributed by atoms with van der Waals surface area (Å²) in [4.78, 5) is 28.2.